The molecule has 0 radical (unpaired) electrons. The first kappa shape index (κ1) is 20.0. The molecule has 0 fully saturated rings. The number of hydrogen-bond acceptors (Lipinski definition) is 5. The van der Waals surface area contributed by atoms with Crippen molar-refractivity contribution in [2.45, 2.75) is 20.8 Å². The van der Waals surface area contributed by atoms with Gasteiger partial charge in [-0.15, -0.1) is 0 Å². The molecule has 7 nitrogen and oxygen atoms in total. The number of nitrogens with zero attached hydrogens (tertiary/aromatic N) is 1. The van der Waals surface area contributed by atoms with Gasteiger partial charge < -0.3 is 15.2 Å². The summed E-state index contributed by atoms with van der Waals surface area (Å²) in [6.07, 6.45) is 1.46. The molecule has 0 saturated carbocycles. The molecule has 0 unspecified atom stereocenters. The Kier molecular flexibility index (Phi) is 6.93. The number of phenols is 1. The average Bonchev–Trinajstić information content (AvgIpc) is 2.65. The van der Waals surface area contributed by atoms with E-state index in [-0.39, 0.29) is 23.5 Å². The molecule has 27 heavy (non-hydrogen) atoms. The summed E-state index contributed by atoms with van der Waals surface area (Å²) >= 11 is 0. The molecule has 2 aromatic rings. The third kappa shape index (κ3) is 5.85. The molecule has 0 atom stereocenters. The number of anilines is 1. The number of benzene rings is 2. The summed E-state index contributed by atoms with van der Waals surface area (Å²) < 4.78 is 5.30. The molecule has 0 bridgehead atoms. The van der Waals surface area contributed by atoms with Crippen LogP contribution in [0.3, 0.4) is 0 Å². The fraction of sp³-hybridized carbons (Fsp3) is 0.250. The van der Waals surface area contributed by atoms with Crippen molar-refractivity contribution in [1.29, 1.82) is 0 Å². The van der Waals surface area contributed by atoms with E-state index in [2.05, 4.69) is 15.8 Å². The zero-order valence-electron chi connectivity index (χ0n) is 15.5. The average molecular weight is 369 g/mol. The maximum atomic E-state index is 12.1. The minimum absolute atomic E-state index is 0.0442. The molecule has 0 aliphatic rings. The molecule has 7 heteroatoms. The fourth-order valence-electron chi connectivity index (χ4n) is 2.10. The Balaban J connectivity index is 1.96. The number of hydrogen-bond donors (Lipinski definition) is 3. The Bertz CT molecular complexity index is 830. The Morgan fingerprint density at radius 3 is 2.52 bits per heavy atom. The number of carbonyl (C=O) groups is 2. The molecule has 0 aliphatic carbocycles. The summed E-state index contributed by atoms with van der Waals surface area (Å²) in [7, 11) is 0. The van der Waals surface area contributed by atoms with Gasteiger partial charge in [0, 0.05) is 17.2 Å². The molecular weight excluding hydrogens is 346 g/mol. The van der Waals surface area contributed by atoms with Crippen molar-refractivity contribution >= 4 is 23.7 Å². The summed E-state index contributed by atoms with van der Waals surface area (Å²) in [5.74, 6) is -0.186. The molecular formula is C20H23N3O4. The number of phenolic OH excluding ortho intramolecular Hbond substituents is 1. The van der Waals surface area contributed by atoms with E-state index < -0.39 is 0 Å². The summed E-state index contributed by atoms with van der Waals surface area (Å²) in [5, 5.41) is 16.3. The molecule has 2 amide bonds. The van der Waals surface area contributed by atoms with E-state index >= 15 is 0 Å². The minimum Gasteiger partial charge on any atom is -0.504 e. The quantitative estimate of drug-likeness (QED) is 0.515. The third-order valence-corrected chi connectivity index (χ3v) is 3.60. The van der Waals surface area contributed by atoms with Crippen molar-refractivity contribution in [1.82, 2.24) is 5.43 Å². The van der Waals surface area contributed by atoms with E-state index in [4.69, 9.17) is 4.74 Å². The predicted molar refractivity (Wildman–Crippen MR) is 104 cm³/mol. The Morgan fingerprint density at radius 1 is 1.19 bits per heavy atom. The number of hydrazone groups is 1. The van der Waals surface area contributed by atoms with Gasteiger partial charge in [0.15, 0.2) is 11.5 Å². The molecule has 2 rings (SSSR count). The van der Waals surface area contributed by atoms with Crippen LogP contribution in [0.15, 0.2) is 47.6 Å². The summed E-state index contributed by atoms with van der Waals surface area (Å²) in [4.78, 5) is 23.8. The second kappa shape index (κ2) is 9.38. The number of ether oxygens (including phenoxy) is 1. The third-order valence-electron chi connectivity index (χ3n) is 3.60. The largest absolute Gasteiger partial charge is 0.504 e. The molecule has 0 aliphatic heterocycles. The second-order valence-corrected chi connectivity index (χ2v) is 6.08. The SMILES string of the molecule is CCOc1cc(/C=N/NC(=O)c2ccc(NC(=O)C(C)C)cc2)ccc1O. The van der Waals surface area contributed by atoms with E-state index in [0.29, 0.717) is 29.2 Å². The van der Waals surface area contributed by atoms with Crippen LogP contribution >= 0.6 is 0 Å². The zero-order chi connectivity index (χ0) is 19.8. The topological polar surface area (TPSA) is 100 Å². The van der Waals surface area contributed by atoms with Crippen LogP contribution in [-0.2, 0) is 4.79 Å². The van der Waals surface area contributed by atoms with Crippen LogP contribution in [0.4, 0.5) is 5.69 Å². The summed E-state index contributed by atoms with van der Waals surface area (Å²) in [5.41, 5.74) is 4.14. The first-order valence-corrected chi connectivity index (χ1v) is 8.61. The number of aromatic hydroxyl groups is 1. The van der Waals surface area contributed by atoms with Gasteiger partial charge in [0.05, 0.1) is 12.8 Å². The van der Waals surface area contributed by atoms with E-state index in [9.17, 15) is 14.7 Å². The number of carbonyl (C=O) groups excluding carboxylic acids is 2. The van der Waals surface area contributed by atoms with Crippen LogP contribution in [-0.4, -0.2) is 29.7 Å². The van der Waals surface area contributed by atoms with Gasteiger partial charge in [-0.3, -0.25) is 9.59 Å². The standard InChI is InChI=1S/C20H23N3O4/c1-4-27-18-11-14(5-10-17(18)24)12-21-23-20(26)15-6-8-16(9-7-15)22-19(25)13(2)3/h5-13,24H,4H2,1-3H3,(H,22,25)(H,23,26)/b21-12+. The Morgan fingerprint density at radius 2 is 1.89 bits per heavy atom. The summed E-state index contributed by atoms with van der Waals surface area (Å²) in [6.45, 7) is 5.86. The summed E-state index contributed by atoms with van der Waals surface area (Å²) in [6, 6.07) is 11.3. The highest BCUT2D eigenvalue weighted by atomic mass is 16.5. The Hall–Kier alpha value is -3.35. The highest BCUT2D eigenvalue weighted by Crippen LogP contribution is 2.26. The number of amides is 2. The maximum absolute atomic E-state index is 12.1. The first-order chi connectivity index (χ1) is 12.9. The van der Waals surface area contributed by atoms with Crippen molar-refractivity contribution in [2.24, 2.45) is 11.0 Å². The lowest BCUT2D eigenvalue weighted by molar-refractivity contribution is -0.118. The van der Waals surface area contributed by atoms with Crippen LogP contribution < -0.4 is 15.5 Å². The molecule has 0 saturated heterocycles. The van der Waals surface area contributed by atoms with Gasteiger partial charge in [0.2, 0.25) is 5.91 Å². The van der Waals surface area contributed by atoms with Crippen LogP contribution in [0.2, 0.25) is 0 Å². The van der Waals surface area contributed by atoms with Gasteiger partial charge in [-0.05, 0) is 55.0 Å². The highest BCUT2D eigenvalue weighted by Gasteiger charge is 2.08. The van der Waals surface area contributed by atoms with Gasteiger partial charge in [0.1, 0.15) is 0 Å². The van der Waals surface area contributed by atoms with Gasteiger partial charge in [-0.1, -0.05) is 13.8 Å². The van der Waals surface area contributed by atoms with E-state index in [0.717, 1.165) is 0 Å². The zero-order valence-corrected chi connectivity index (χ0v) is 15.5. The van der Waals surface area contributed by atoms with E-state index in [1.165, 1.54) is 12.3 Å². The van der Waals surface area contributed by atoms with E-state index in [1.807, 2.05) is 6.92 Å². The van der Waals surface area contributed by atoms with Gasteiger partial charge >= 0.3 is 0 Å². The van der Waals surface area contributed by atoms with Crippen LogP contribution in [0, 0.1) is 5.92 Å². The molecule has 0 spiro atoms. The fourth-order valence-corrected chi connectivity index (χ4v) is 2.10. The van der Waals surface area contributed by atoms with Crippen molar-refractivity contribution in [3.63, 3.8) is 0 Å². The lowest BCUT2D eigenvalue weighted by Gasteiger charge is -2.08. The normalized spacial score (nSPS) is 10.8. The smallest absolute Gasteiger partial charge is 0.271 e. The van der Waals surface area contributed by atoms with Crippen molar-refractivity contribution in [3.8, 4) is 11.5 Å². The van der Waals surface area contributed by atoms with Crippen molar-refractivity contribution < 1.29 is 19.4 Å². The molecule has 0 heterocycles. The van der Waals surface area contributed by atoms with Gasteiger partial charge in [-0.2, -0.15) is 5.10 Å². The van der Waals surface area contributed by atoms with Gasteiger partial charge in [0.25, 0.3) is 5.91 Å². The minimum atomic E-state index is -0.378. The lowest BCUT2D eigenvalue weighted by atomic mass is 10.1. The lowest BCUT2D eigenvalue weighted by Crippen LogP contribution is -2.19. The molecule has 2 aromatic carbocycles. The second-order valence-electron chi connectivity index (χ2n) is 6.08. The van der Waals surface area contributed by atoms with Crippen molar-refractivity contribution in [3.05, 3.63) is 53.6 Å². The molecule has 0 aromatic heterocycles. The molecule has 142 valence electrons. The van der Waals surface area contributed by atoms with Crippen molar-refractivity contribution in [2.75, 3.05) is 11.9 Å². The monoisotopic (exact) mass is 369 g/mol. The number of rotatable bonds is 7. The van der Waals surface area contributed by atoms with Gasteiger partial charge in [-0.25, -0.2) is 5.43 Å². The Labute approximate surface area is 158 Å². The van der Waals surface area contributed by atoms with Crippen LogP contribution in [0.25, 0.3) is 0 Å². The first-order valence-electron chi connectivity index (χ1n) is 8.61. The molecule has 3 N–H and O–H groups in total. The predicted octanol–water partition coefficient (Wildman–Crippen LogP) is 3.15. The van der Waals surface area contributed by atoms with Crippen LogP contribution in [0.1, 0.15) is 36.7 Å². The van der Waals surface area contributed by atoms with E-state index in [1.54, 1.807) is 50.2 Å². The maximum Gasteiger partial charge on any atom is 0.271 e. The number of nitrogens with one attached hydrogen (secondary N) is 2. The highest BCUT2D eigenvalue weighted by molar-refractivity contribution is 5.96. The van der Waals surface area contributed by atoms with Crippen LogP contribution in [0.5, 0.6) is 11.5 Å².